The van der Waals surface area contributed by atoms with Crippen molar-refractivity contribution in [2.45, 2.75) is 25.3 Å². The van der Waals surface area contributed by atoms with Crippen molar-refractivity contribution in [1.82, 2.24) is 15.2 Å². The summed E-state index contributed by atoms with van der Waals surface area (Å²) in [5.74, 6) is 0. The average molecular weight is 282 g/mol. The van der Waals surface area contributed by atoms with E-state index in [0.717, 1.165) is 0 Å². The standard InChI is InChI=1S/C11H14N4O3S/c1-7-9(4-3-5-12-7)15-19(17,18)11-8(2)13-14-10(11)6-16/h3-5,15-16H,6H2,1-2H3,(H,13,14). The first kappa shape index (κ1) is 13.5. The Morgan fingerprint density at radius 2 is 2.16 bits per heavy atom. The second-order valence-corrected chi connectivity index (χ2v) is 5.64. The number of aliphatic hydroxyl groups excluding tert-OH is 1. The number of nitrogens with one attached hydrogen (secondary N) is 2. The molecule has 0 radical (unpaired) electrons. The van der Waals surface area contributed by atoms with Crippen molar-refractivity contribution in [3.8, 4) is 0 Å². The molecule has 0 aliphatic carbocycles. The Morgan fingerprint density at radius 1 is 1.42 bits per heavy atom. The third-order valence-corrected chi connectivity index (χ3v) is 4.20. The molecule has 0 aliphatic heterocycles. The van der Waals surface area contributed by atoms with Gasteiger partial charge in [0.05, 0.1) is 23.7 Å². The van der Waals surface area contributed by atoms with E-state index < -0.39 is 16.6 Å². The number of H-pyrrole nitrogens is 1. The number of aromatic amines is 1. The van der Waals surface area contributed by atoms with Crippen molar-refractivity contribution in [2.24, 2.45) is 0 Å². The topological polar surface area (TPSA) is 108 Å². The van der Waals surface area contributed by atoms with Gasteiger partial charge in [-0.2, -0.15) is 5.10 Å². The van der Waals surface area contributed by atoms with Gasteiger partial charge in [-0.25, -0.2) is 8.42 Å². The van der Waals surface area contributed by atoms with Crippen LogP contribution in [0.4, 0.5) is 5.69 Å². The van der Waals surface area contributed by atoms with Gasteiger partial charge in [-0.05, 0) is 26.0 Å². The number of nitrogens with zero attached hydrogens (tertiary/aromatic N) is 2. The molecule has 0 aliphatic rings. The van der Waals surface area contributed by atoms with Crippen molar-refractivity contribution in [3.63, 3.8) is 0 Å². The molecule has 0 atom stereocenters. The van der Waals surface area contributed by atoms with Crippen LogP contribution in [0, 0.1) is 13.8 Å². The minimum Gasteiger partial charge on any atom is -0.390 e. The van der Waals surface area contributed by atoms with E-state index in [1.807, 2.05) is 0 Å². The van der Waals surface area contributed by atoms with Crippen LogP contribution >= 0.6 is 0 Å². The van der Waals surface area contributed by atoms with Crippen molar-refractivity contribution >= 4 is 15.7 Å². The lowest BCUT2D eigenvalue weighted by Crippen LogP contribution is -2.16. The molecule has 7 nitrogen and oxygen atoms in total. The van der Waals surface area contributed by atoms with Gasteiger partial charge < -0.3 is 5.11 Å². The molecule has 0 aromatic carbocycles. The molecular formula is C11H14N4O3S. The number of hydrogen-bond acceptors (Lipinski definition) is 5. The van der Waals surface area contributed by atoms with E-state index in [-0.39, 0.29) is 10.6 Å². The third-order valence-electron chi connectivity index (χ3n) is 2.63. The molecule has 0 saturated carbocycles. The van der Waals surface area contributed by atoms with E-state index in [1.165, 1.54) is 0 Å². The molecule has 2 heterocycles. The zero-order chi connectivity index (χ0) is 14.0. The predicted molar refractivity (Wildman–Crippen MR) is 69.0 cm³/mol. The summed E-state index contributed by atoms with van der Waals surface area (Å²) < 4.78 is 27.1. The Bertz CT molecular complexity index is 694. The number of hydrogen-bond donors (Lipinski definition) is 3. The summed E-state index contributed by atoms with van der Waals surface area (Å²) in [7, 11) is -3.81. The Labute approximate surface area is 110 Å². The van der Waals surface area contributed by atoms with Gasteiger partial charge in [0, 0.05) is 6.20 Å². The van der Waals surface area contributed by atoms with Gasteiger partial charge in [0.1, 0.15) is 10.6 Å². The third kappa shape index (κ3) is 2.59. The van der Waals surface area contributed by atoms with E-state index in [4.69, 9.17) is 5.11 Å². The molecule has 3 N–H and O–H groups in total. The zero-order valence-corrected chi connectivity index (χ0v) is 11.3. The molecule has 2 rings (SSSR count). The van der Waals surface area contributed by atoms with Crippen LogP contribution in [0.25, 0.3) is 0 Å². The van der Waals surface area contributed by atoms with Gasteiger partial charge in [0.15, 0.2) is 0 Å². The van der Waals surface area contributed by atoms with Crippen molar-refractivity contribution in [2.75, 3.05) is 4.72 Å². The van der Waals surface area contributed by atoms with Crippen molar-refractivity contribution in [1.29, 1.82) is 0 Å². The number of aromatic nitrogens is 3. The molecule has 2 aromatic heterocycles. The summed E-state index contributed by atoms with van der Waals surface area (Å²) in [5, 5.41) is 15.4. The normalized spacial score (nSPS) is 11.5. The largest absolute Gasteiger partial charge is 0.390 e. The summed E-state index contributed by atoms with van der Waals surface area (Å²) in [6.45, 7) is 2.83. The number of sulfonamides is 1. The Balaban J connectivity index is 2.44. The second-order valence-electron chi connectivity index (χ2n) is 4.02. The fourth-order valence-electron chi connectivity index (χ4n) is 1.72. The van der Waals surface area contributed by atoms with Crippen LogP contribution in [0.2, 0.25) is 0 Å². The highest BCUT2D eigenvalue weighted by Crippen LogP contribution is 2.22. The lowest BCUT2D eigenvalue weighted by atomic mass is 10.3. The first-order valence-electron chi connectivity index (χ1n) is 5.55. The fraction of sp³-hybridized carbons (Fsp3) is 0.273. The fourth-order valence-corrected chi connectivity index (χ4v) is 3.20. The molecule has 0 bridgehead atoms. The van der Waals surface area contributed by atoms with Gasteiger partial charge in [0.25, 0.3) is 10.0 Å². The zero-order valence-electron chi connectivity index (χ0n) is 10.5. The van der Waals surface area contributed by atoms with Gasteiger partial charge >= 0.3 is 0 Å². The minimum absolute atomic E-state index is 0.0294. The van der Waals surface area contributed by atoms with Gasteiger partial charge in [-0.3, -0.25) is 14.8 Å². The van der Waals surface area contributed by atoms with Gasteiger partial charge in [-0.15, -0.1) is 0 Å². The SMILES string of the molecule is Cc1ncccc1NS(=O)(=O)c1c(CO)n[nH]c1C. The highest BCUT2D eigenvalue weighted by Gasteiger charge is 2.24. The minimum atomic E-state index is -3.81. The molecular weight excluding hydrogens is 268 g/mol. The van der Waals surface area contributed by atoms with Crippen molar-refractivity contribution in [3.05, 3.63) is 35.4 Å². The maximum Gasteiger partial charge on any atom is 0.265 e. The Morgan fingerprint density at radius 3 is 2.79 bits per heavy atom. The van der Waals surface area contributed by atoms with E-state index in [9.17, 15) is 8.42 Å². The maximum atomic E-state index is 12.3. The quantitative estimate of drug-likeness (QED) is 0.765. The van der Waals surface area contributed by atoms with Gasteiger partial charge in [0.2, 0.25) is 0 Å². The molecule has 0 amide bonds. The van der Waals surface area contributed by atoms with Crippen LogP contribution in [0.3, 0.4) is 0 Å². The number of aliphatic hydroxyl groups is 1. The van der Waals surface area contributed by atoms with Crippen LogP contribution in [-0.4, -0.2) is 28.7 Å². The molecule has 19 heavy (non-hydrogen) atoms. The summed E-state index contributed by atoms with van der Waals surface area (Å²) in [4.78, 5) is 3.98. The molecule has 2 aromatic rings. The Kier molecular flexibility index (Phi) is 3.54. The smallest absolute Gasteiger partial charge is 0.265 e. The lowest BCUT2D eigenvalue weighted by Gasteiger charge is -2.10. The van der Waals surface area contributed by atoms with Crippen LogP contribution in [0.1, 0.15) is 17.1 Å². The number of pyridine rings is 1. The molecule has 8 heteroatoms. The Hall–Kier alpha value is -1.93. The summed E-state index contributed by atoms with van der Waals surface area (Å²) >= 11 is 0. The second kappa shape index (κ2) is 4.98. The predicted octanol–water partition coefficient (Wildman–Crippen LogP) is 0.715. The van der Waals surface area contributed by atoms with Crippen molar-refractivity contribution < 1.29 is 13.5 Å². The summed E-state index contributed by atoms with van der Waals surface area (Å²) in [6.07, 6.45) is 1.58. The monoisotopic (exact) mass is 282 g/mol. The summed E-state index contributed by atoms with van der Waals surface area (Å²) in [5.41, 5.74) is 1.43. The van der Waals surface area contributed by atoms with E-state index in [0.29, 0.717) is 17.1 Å². The molecule has 102 valence electrons. The maximum absolute atomic E-state index is 12.3. The average Bonchev–Trinajstić information content (AvgIpc) is 2.74. The molecule has 0 saturated heterocycles. The van der Waals surface area contributed by atoms with Crippen LogP contribution in [-0.2, 0) is 16.6 Å². The first-order chi connectivity index (χ1) is 8.95. The van der Waals surface area contributed by atoms with Crippen LogP contribution in [0.15, 0.2) is 23.2 Å². The summed E-state index contributed by atoms with van der Waals surface area (Å²) in [6, 6.07) is 3.26. The number of aryl methyl sites for hydroxylation is 2. The van der Waals surface area contributed by atoms with Crippen LogP contribution < -0.4 is 4.72 Å². The molecule has 0 unspecified atom stereocenters. The van der Waals surface area contributed by atoms with E-state index in [1.54, 1.807) is 32.2 Å². The molecule has 0 fully saturated rings. The number of rotatable bonds is 4. The lowest BCUT2D eigenvalue weighted by molar-refractivity contribution is 0.273. The molecule has 0 spiro atoms. The highest BCUT2D eigenvalue weighted by atomic mass is 32.2. The van der Waals surface area contributed by atoms with Crippen LogP contribution in [0.5, 0.6) is 0 Å². The van der Waals surface area contributed by atoms with E-state index in [2.05, 4.69) is 19.9 Å². The number of anilines is 1. The first-order valence-corrected chi connectivity index (χ1v) is 7.03. The van der Waals surface area contributed by atoms with Gasteiger partial charge in [-0.1, -0.05) is 0 Å². The highest BCUT2D eigenvalue weighted by molar-refractivity contribution is 7.92. The van der Waals surface area contributed by atoms with E-state index >= 15 is 0 Å².